The van der Waals surface area contributed by atoms with Crippen LogP contribution in [0.4, 0.5) is 8.78 Å². The smallest absolute Gasteiger partial charge is 0.208 e. The summed E-state index contributed by atoms with van der Waals surface area (Å²) in [6.45, 7) is 0.441. The summed E-state index contributed by atoms with van der Waals surface area (Å²) in [5, 5.41) is 2.85. The average molecular weight is 224 g/mol. The standard InChI is InChI=1S/C11H10F2N2O/c1-14-6-11-15-5-10(16-11)8-4-7(12)2-3-9(8)13/h2-5,14H,6H2,1H3. The minimum Gasteiger partial charge on any atom is -0.439 e. The Balaban J connectivity index is 2.38. The van der Waals surface area contributed by atoms with Crippen molar-refractivity contribution in [3.8, 4) is 11.3 Å². The highest BCUT2D eigenvalue weighted by Crippen LogP contribution is 2.24. The van der Waals surface area contributed by atoms with Crippen LogP contribution in [0.15, 0.2) is 28.8 Å². The Bertz CT molecular complexity index is 496. The largest absolute Gasteiger partial charge is 0.439 e. The predicted octanol–water partition coefficient (Wildman–Crippen LogP) is 2.34. The van der Waals surface area contributed by atoms with Crippen molar-refractivity contribution >= 4 is 0 Å². The Hall–Kier alpha value is -1.75. The summed E-state index contributed by atoms with van der Waals surface area (Å²) < 4.78 is 31.6. The number of hydrogen-bond acceptors (Lipinski definition) is 3. The van der Waals surface area contributed by atoms with Gasteiger partial charge in [0, 0.05) is 0 Å². The van der Waals surface area contributed by atoms with E-state index in [1.165, 1.54) is 6.20 Å². The molecule has 0 atom stereocenters. The van der Waals surface area contributed by atoms with Gasteiger partial charge in [0.05, 0.1) is 18.3 Å². The molecule has 0 spiro atoms. The van der Waals surface area contributed by atoms with Gasteiger partial charge >= 0.3 is 0 Å². The fraction of sp³-hybridized carbons (Fsp3) is 0.182. The van der Waals surface area contributed by atoms with Crippen molar-refractivity contribution in [3.05, 3.63) is 41.9 Å². The van der Waals surface area contributed by atoms with E-state index in [1.54, 1.807) is 7.05 Å². The molecule has 0 saturated heterocycles. The van der Waals surface area contributed by atoms with E-state index >= 15 is 0 Å². The molecule has 0 bridgehead atoms. The van der Waals surface area contributed by atoms with E-state index < -0.39 is 11.6 Å². The maximum absolute atomic E-state index is 13.4. The van der Waals surface area contributed by atoms with Gasteiger partial charge in [-0.15, -0.1) is 0 Å². The molecule has 0 aliphatic heterocycles. The molecule has 2 aromatic rings. The minimum absolute atomic E-state index is 0.0786. The fourth-order valence-corrected chi connectivity index (χ4v) is 1.35. The van der Waals surface area contributed by atoms with Crippen LogP contribution in [0.2, 0.25) is 0 Å². The summed E-state index contributed by atoms with van der Waals surface area (Å²) >= 11 is 0. The van der Waals surface area contributed by atoms with E-state index in [0.717, 1.165) is 18.2 Å². The van der Waals surface area contributed by atoms with Crippen molar-refractivity contribution in [2.75, 3.05) is 7.05 Å². The first-order chi connectivity index (χ1) is 7.70. The zero-order chi connectivity index (χ0) is 11.5. The second-order valence-corrected chi connectivity index (χ2v) is 3.27. The van der Waals surface area contributed by atoms with Crippen molar-refractivity contribution in [2.45, 2.75) is 6.54 Å². The van der Waals surface area contributed by atoms with Gasteiger partial charge in [0.2, 0.25) is 5.89 Å². The third-order valence-corrected chi connectivity index (χ3v) is 2.08. The fourth-order valence-electron chi connectivity index (χ4n) is 1.35. The van der Waals surface area contributed by atoms with Gasteiger partial charge in [-0.25, -0.2) is 13.8 Å². The monoisotopic (exact) mass is 224 g/mol. The number of aromatic nitrogens is 1. The molecule has 1 heterocycles. The van der Waals surface area contributed by atoms with Crippen LogP contribution >= 0.6 is 0 Å². The first-order valence-corrected chi connectivity index (χ1v) is 4.75. The Morgan fingerprint density at radius 3 is 2.94 bits per heavy atom. The highest BCUT2D eigenvalue weighted by atomic mass is 19.1. The van der Waals surface area contributed by atoms with Crippen molar-refractivity contribution in [1.82, 2.24) is 10.3 Å². The van der Waals surface area contributed by atoms with E-state index in [0.29, 0.717) is 12.4 Å². The lowest BCUT2D eigenvalue weighted by Crippen LogP contribution is -2.04. The molecule has 84 valence electrons. The zero-order valence-electron chi connectivity index (χ0n) is 8.63. The van der Waals surface area contributed by atoms with E-state index in [4.69, 9.17) is 4.42 Å². The maximum atomic E-state index is 13.4. The number of benzene rings is 1. The van der Waals surface area contributed by atoms with E-state index in [1.807, 2.05) is 0 Å². The molecular formula is C11H10F2N2O. The average Bonchev–Trinajstić information content (AvgIpc) is 2.71. The molecule has 16 heavy (non-hydrogen) atoms. The van der Waals surface area contributed by atoms with Crippen LogP contribution in [0.5, 0.6) is 0 Å². The molecule has 0 amide bonds. The lowest BCUT2D eigenvalue weighted by atomic mass is 10.2. The van der Waals surface area contributed by atoms with Crippen molar-refractivity contribution in [1.29, 1.82) is 0 Å². The first kappa shape index (κ1) is 10.8. The minimum atomic E-state index is -0.534. The van der Waals surface area contributed by atoms with Crippen LogP contribution in [0.3, 0.4) is 0 Å². The number of oxazole rings is 1. The lowest BCUT2D eigenvalue weighted by molar-refractivity contribution is 0.487. The first-order valence-electron chi connectivity index (χ1n) is 4.75. The molecule has 5 heteroatoms. The summed E-state index contributed by atoms with van der Waals surface area (Å²) in [4.78, 5) is 3.93. The highest BCUT2D eigenvalue weighted by Gasteiger charge is 2.11. The molecule has 1 aromatic heterocycles. The van der Waals surface area contributed by atoms with Gasteiger partial charge in [0.1, 0.15) is 11.6 Å². The summed E-state index contributed by atoms with van der Waals surface area (Å²) in [5.41, 5.74) is 0.0786. The summed E-state index contributed by atoms with van der Waals surface area (Å²) in [6.07, 6.45) is 1.38. The van der Waals surface area contributed by atoms with Crippen LogP contribution in [0, 0.1) is 11.6 Å². The maximum Gasteiger partial charge on any atom is 0.208 e. The van der Waals surface area contributed by atoms with Crippen LogP contribution in [0.25, 0.3) is 11.3 Å². The molecule has 0 saturated carbocycles. The number of rotatable bonds is 3. The van der Waals surface area contributed by atoms with Crippen LogP contribution in [-0.4, -0.2) is 12.0 Å². The molecule has 0 fully saturated rings. The molecule has 1 N–H and O–H groups in total. The van der Waals surface area contributed by atoms with Gasteiger partial charge in [0.15, 0.2) is 5.76 Å². The van der Waals surface area contributed by atoms with Gasteiger partial charge < -0.3 is 9.73 Å². The van der Waals surface area contributed by atoms with Crippen molar-refractivity contribution in [3.63, 3.8) is 0 Å². The highest BCUT2D eigenvalue weighted by molar-refractivity contribution is 5.57. The van der Waals surface area contributed by atoms with E-state index in [2.05, 4.69) is 10.3 Å². The number of halogens is 2. The molecule has 0 unspecified atom stereocenters. The van der Waals surface area contributed by atoms with Gasteiger partial charge in [-0.1, -0.05) is 0 Å². The summed E-state index contributed by atoms with van der Waals surface area (Å²) in [5.74, 6) is -0.389. The second kappa shape index (κ2) is 4.40. The zero-order valence-corrected chi connectivity index (χ0v) is 8.63. The summed E-state index contributed by atoms with van der Waals surface area (Å²) in [6, 6.07) is 3.20. The lowest BCUT2D eigenvalue weighted by Gasteiger charge is -1.98. The third-order valence-electron chi connectivity index (χ3n) is 2.08. The Morgan fingerprint density at radius 2 is 2.19 bits per heavy atom. The van der Waals surface area contributed by atoms with Gasteiger partial charge in [0.25, 0.3) is 0 Å². The third kappa shape index (κ3) is 2.09. The molecule has 0 aliphatic carbocycles. The van der Waals surface area contributed by atoms with Gasteiger partial charge in [-0.3, -0.25) is 0 Å². The predicted molar refractivity (Wildman–Crippen MR) is 54.6 cm³/mol. The number of nitrogens with zero attached hydrogens (tertiary/aromatic N) is 1. The second-order valence-electron chi connectivity index (χ2n) is 3.27. The molecule has 3 nitrogen and oxygen atoms in total. The Labute approximate surface area is 91.1 Å². The Kier molecular flexibility index (Phi) is 2.96. The van der Waals surface area contributed by atoms with Crippen molar-refractivity contribution < 1.29 is 13.2 Å². The normalized spacial score (nSPS) is 10.7. The quantitative estimate of drug-likeness (QED) is 0.869. The van der Waals surface area contributed by atoms with Crippen molar-refractivity contribution in [2.24, 2.45) is 0 Å². The van der Waals surface area contributed by atoms with Gasteiger partial charge in [-0.2, -0.15) is 0 Å². The van der Waals surface area contributed by atoms with Crippen LogP contribution in [-0.2, 0) is 6.54 Å². The van der Waals surface area contributed by atoms with E-state index in [-0.39, 0.29) is 11.3 Å². The van der Waals surface area contributed by atoms with E-state index in [9.17, 15) is 8.78 Å². The van der Waals surface area contributed by atoms with Crippen LogP contribution in [0.1, 0.15) is 5.89 Å². The molecular weight excluding hydrogens is 214 g/mol. The van der Waals surface area contributed by atoms with Gasteiger partial charge in [-0.05, 0) is 25.2 Å². The topological polar surface area (TPSA) is 38.1 Å². The Morgan fingerprint density at radius 1 is 1.38 bits per heavy atom. The number of nitrogens with one attached hydrogen (secondary N) is 1. The molecule has 0 aliphatic rings. The van der Waals surface area contributed by atoms with Crippen LogP contribution < -0.4 is 5.32 Å². The summed E-state index contributed by atoms with van der Waals surface area (Å²) in [7, 11) is 1.74. The molecule has 1 aromatic carbocycles. The molecule has 2 rings (SSSR count). The number of hydrogen-bond donors (Lipinski definition) is 1. The SMILES string of the molecule is CNCc1ncc(-c2cc(F)ccc2F)o1. The molecule has 0 radical (unpaired) electrons.